The van der Waals surface area contributed by atoms with E-state index in [1.807, 2.05) is 19.9 Å². The fourth-order valence-corrected chi connectivity index (χ4v) is 1.70. The Bertz CT molecular complexity index is 365. The van der Waals surface area contributed by atoms with Crippen molar-refractivity contribution in [1.82, 2.24) is 5.32 Å². The molecule has 0 aliphatic carbocycles. The molecule has 0 aliphatic heterocycles. The number of phenols is 1. The van der Waals surface area contributed by atoms with E-state index in [4.69, 9.17) is 5.11 Å². The molecule has 0 heterocycles. The lowest BCUT2D eigenvalue weighted by Gasteiger charge is -2.19. The summed E-state index contributed by atoms with van der Waals surface area (Å²) in [5.74, 6) is -0.432. The molecule has 1 rings (SSSR count). The zero-order chi connectivity index (χ0) is 12.1. The van der Waals surface area contributed by atoms with Crippen LogP contribution in [0.3, 0.4) is 0 Å². The first-order valence-electron chi connectivity index (χ1n) is 5.40. The van der Waals surface area contributed by atoms with Crippen LogP contribution in [0, 0.1) is 5.82 Å². The first-order chi connectivity index (χ1) is 7.54. The maximum Gasteiger partial charge on any atom is 0.131 e. The number of aromatic hydroxyl groups is 1. The standard InChI is InChI=1S/C13H18FNO/c1-4-5-9(2)15-10(3)12-7-6-11(16)8-13(12)14/h4,6-10,15-16H,1,5H2,2-3H3. The lowest BCUT2D eigenvalue weighted by atomic mass is 10.1. The summed E-state index contributed by atoms with van der Waals surface area (Å²) >= 11 is 0. The molecule has 1 aromatic carbocycles. The molecule has 2 unspecified atom stereocenters. The highest BCUT2D eigenvalue weighted by molar-refractivity contribution is 5.29. The van der Waals surface area contributed by atoms with Crippen molar-refractivity contribution in [2.24, 2.45) is 0 Å². The predicted octanol–water partition coefficient (Wildman–Crippen LogP) is 3.15. The third kappa shape index (κ3) is 3.35. The second kappa shape index (κ2) is 5.66. The highest BCUT2D eigenvalue weighted by Crippen LogP contribution is 2.21. The maximum absolute atomic E-state index is 13.5. The molecule has 0 fully saturated rings. The molecule has 0 aliphatic rings. The minimum Gasteiger partial charge on any atom is -0.508 e. The average molecular weight is 223 g/mol. The molecule has 3 heteroatoms. The summed E-state index contributed by atoms with van der Waals surface area (Å²) in [5.41, 5.74) is 0.564. The normalized spacial score (nSPS) is 14.4. The van der Waals surface area contributed by atoms with Gasteiger partial charge in [0, 0.05) is 23.7 Å². The SMILES string of the molecule is C=CCC(C)NC(C)c1ccc(O)cc1F. The van der Waals surface area contributed by atoms with E-state index in [0.717, 1.165) is 12.5 Å². The molecule has 0 aromatic heterocycles. The van der Waals surface area contributed by atoms with E-state index in [2.05, 4.69) is 11.9 Å². The van der Waals surface area contributed by atoms with Crippen LogP contribution in [0.25, 0.3) is 0 Å². The van der Waals surface area contributed by atoms with Gasteiger partial charge >= 0.3 is 0 Å². The second-order valence-corrected chi connectivity index (χ2v) is 4.02. The third-order valence-electron chi connectivity index (χ3n) is 2.51. The molecule has 16 heavy (non-hydrogen) atoms. The van der Waals surface area contributed by atoms with Crippen LogP contribution in [0.15, 0.2) is 30.9 Å². The van der Waals surface area contributed by atoms with Gasteiger partial charge in [-0.05, 0) is 26.3 Å². The summed E-state index contributed by atoms with van der Waals surface area (Å²) in [6.45, 7) is 7.58. The summed E-state index contributed by atoms with van der Waals surface area (Å²) < 4.78 is 13.5. The van der Waals surface area contributed by atoms with Gasteiger partial charge < -0.3 is 10.4 Å². The van der Waals surface area contributed by atoms with Crippen molar-refractivity contribution in [3.05, 3.63) is 42.2 Å². The predicted molar refractivity (Wildman–Crippen MR) is 63.9 cm³/mol. The number of hydrogen-bond acceptors (Lipinski definition) is 2. The molecule has 2 N–H and O–H groups in total. The number of phenolic OH excluding ortho intramolecular Hbond substituents is 1. The van der Waals surface area contributed by atoms with E-state index in [9.17, 15) is 4.39 Å². The van der Waals surface area contributed by atoms with Crippen LogP contribution in [0.1, 0.15) is 31.9 Å². The quantitative estimate of drug-likeness (QED) is 0.751. The van der Waals surface area contributed by atoms with Crippen molar-refractivity contribution in [3.63, 3.8) is 0 Å². The number of nitrogens with one attached hydrogen (secondary N) is 1. The second-order valence-electron chi connectivity index (χ2n) is 4.02. The third-order valence-corrected chi connectivity index (χ3v) is 2.51. The van der Waals surface area contributed by atoms with Crippen LogP contribution < -0.4 is 5.32 Å². The Morgan fingerprint density at radius 2 is 2.19 bits per heavy atom. The highest BCUT2D eigenvalue weighted by atomic mass is 19.1. The highest BCUT2D eigenvalue weighted by Gasteiger charge is 2.12. The van der Waals surface area contributed by atoms with Crippen molar-refractivity contribution in [1.29, 1.82) is 0 Å². The molecule has 0 radical (unpaired) electrons. The molecule has 0 saturated carbocycles. The minimum atomic E-state index is -0.384. The largest absolute Gasteiger partial charge is 0.508 e. The van der Waals surface area contributed by atoms with Crippen molar-refractivity contribution in [2.45, 2.75) is 32.4 Å². The van der Waals surface area contributed by atoms with Crippen LogP contribution in [-0.2, 0) is 0 Å². The summed E-state index contributed by atoms with van der Waals surface area (Å²) in [6.07, 6.45) is 2.67. The van der Waals surface area contributed by atoms with Crippen LogP contribution in [-0.4, -0.2) is 11.1 Å². The molecular formula is C13H18FNO. The Hall–Kier alpha value is -1.35. The van der Waals surface area contributed by atoms with E-state index in [1.165, 1.54) is 6.07 Å². The number of rotatable bonds is 5. The van der Waals surface area contributed by atoms with Crippen LogP contribution in [0.5, 0.6) is 5.75 Å². The van der Waals surface area contributed by atoms with Gasteiger partial charge in [0.25, 0.3) is 0 Å². The van der Waals surface area contributed by atoms with E-state index in [0.29, 0.717) is 5.56 Å². The maximum atomic E-state index is 13.5. The molecule has 0 saturated heterocycles. The van der Waals surface area contributed by atoms with Gasteiger partial charge in [-0.1, -0.05) is 12.1 Å². The first-order valence-corrected chi connectivity index (χ1v) is 5.40. The number of benzene rings is 1. The Morgan fingerprint density at radius 1 is 1.50 bits per heavy atom. The number of halogens is 1. The molecule has 88 valence electrons. The van der Waals surface area contributed by atoms with Crippen molar-refractivity contribution in [3.8, 4) is 5.75 Å². The lowest BCUT2D eigenvalue weighted by Crippen LogP contribution is -2.28. The molecule has 0 spiro atoms. The van der Waals surface area contributed by atoms with Gasteiger partial charge in [0.2, 0.25) is 0 Å². The summed E-state index contributed by atoms with van der Waals surface area (Å²) in [4.78, 5) is 0. The van der Waals surface area contributed by atoms with Gasteiger partial charge in [-0.25, -0.2) is 4.39 Å². The van der Waals surface area contributed by atoms with Crippen molar-refractivity contribution in [2.75, 3.05) is 0 Å². The van der Waals surface area contributed by atoms with Gasteiger partial charge in [0.05, 0.1) is 0 Å². The van der Waals surface area contributed by atoms with Crippen LogP contribution in [0.2, 0.25) is 0 Å². The minimum absolute atomic E-state index is 0.0485. The smallest absolute Gasteiger partial charge is 0.131 e. The molecule has 2 atom stereocenters. The molecule has 2 nitrogen and oxygen atoms in total. The average Bonchev–Trinajstić information content (AvgIpc) is 2.17. The van der Waals surface area contributed by atoms with Gasteiger partial charge in [0.1, 0.15) is 11.6 Å². The van der Waals surface area contributed by atoms with Gasteiger partial charge in [0.15, 0.2) is 0 Å². The fourth-order valence-electron chi connectivity index (χ4n) is 1.70. The van der Waals surface area contributed by atoms with Crippen LogP contribution >= 0.6 is 0 Å². The summed E-state index contributed by atoms with van der Waals surface area (Å²) in [5, 5.41) is 12.4. The van der Waals surface area contributed by atoms with Crippen molar-refractivity contribution < 1.29 is 9.50 Å². The van der Waals surface area contributed by atoms with E-state index >= 15 is 0 Å². The zero-order valence-electron chi connectivity index (χ0n) is 9.70. The molecule has 0 amide bonds. The Balaban J connectivity index is 2.72. The monoisotopic (exact) mass is 223 g/mol. The lowest BCUT2D eigenvalue weighted by molar-refractivity contribution is 0.451. The Kier molecular flexibility index (Phi) is 4.50. The van der Waals surface area contributed by atoms with E-state index < -0.39 is 0 Å². The topological polar surface area (TPSA) is 32.3 Å². The van der Waals surface area contributed by atoms with Gasteiger partial charge in [-0.15, -0.1) is 6.58 Å². The molecule has 1 aromatic rings. The van der Waals surface area contributed by atoms with Gasteiger partial charge in [-0.3, -0.25) is 0 Å². The molecule has 0 bridgehead atoms. The van der Waals surface area contributed by atoms with E-state index in [1.54, 1.807) is 6.07 Å². The Labute approximate surface area is 95.8 Å². The Morgan fingerprint density at radius 3 is 2.75 bits per heavy atom. The van der Waals surface area contributed by atoms with E-state index in [-0.39, 0.29) is 23.7 Å². The summed E-state index contributed by atoms with van der Waals surface area (Å²) in [7, 11) is 0. The number of hydrogen-bond donors (Lipinski definition) is 2. The van der Waals surface area contributed by atoms with Gasteiger partial charge in [-0.2, -0.15) is 0 Å². The first kappa shape index (κ1) is 12.7. The summed E-state index contributed by atoms with van der Waals surface area (Å²) in [6, 6.07) is 4.39. The fraction of sp³-hybridized carbons (Fsp3) is 0.385. The molecular weight excluding hydrogens is 205 g/mol. The van der Waals surface area contributed by atoms with Crippen molar-refractivity contribution >= 4 is 0 Å². The van der Waals surface area contributed by atoms with Crippen LogP contribution in [0.4, 0.5) is 4.39 Å². The zero-order valence-corrected chi connectivity index (χ0v) is 9.70.